The Bertz CT molecular complexity index is 307. The van der Waals surface area contributed by atoms with Crippen molar-refractivity contribution in [2.45, 2.75) is 206 Å². The molecule has 1 heteroatoms. The van der Waals surface area contributed by atoms with E-state index in [0.29, 0.717) is 0 Å². The van der Waals surface area contributed by atoms with Gasteiger partial charge in [-0.25, -0.2) is 0 Å². The van der Waals surface area contributed by atoms with Gasteiger partial charge in [-0.05, 0) is 12.8 Å². The molecule has 0 fully saturated rings. The Morgan fingerprint density at radius 1 is 0.314 bits per heavy atom. The molecule has 0 aromatic heterocycles. The van der Waals surface area contributed by atoms with Gasteiger partial charge in [0.2, 0.25) is 0 Å². The molecule has 0 saturated heterocycles. The molecule has 0 saturated carbocycles. The minimum atomic E-state index is 0.941. The van der Waals surface area contributed by atoms with Crippen molar-refractivity contribution in [2.75, 3.05) is 6.61 Å². The molecule has 0 amide bonds. The van der Waals surface area contributed by atoms with Gasteiger partial charge in [0.25, 0.3) is 0 Å². The Balaban J connectivity index is 3.00. The van der Waals surface area contributed by atoms with E-state index < -0.39 is 0 Å². The van der Waals surface area contributed by atoms with Crippen molar-refractivity contribution in [2.24, 2.45) is 0 Å². The molecular weight excluding hydrogens is 424 g/mol. The maximum Gasteiger partial charge on any atom is 0.0836 e. The van der Waals surface area contributed by atoms with Gasteiger partial charge < -0.3 is 4.74 Å². The fraction of sp³-hybridized carbons (Fsp3) is 0.971. The lowest BCUT2D eigenvalue weighted by atomic mass is 10.0. The number of ether oxygens (including phenoxy) is 1. The van der Waals surface area contributed by atoms with Crippen molar-refractivity contribution in [3.8, 4) is 0 Å². The second-order valence-electron chi connectivity index (χ2n) is 11.4. The summed E-state index contributed by atoms with van der Waals surface area (Å²) >= 11 is 0. The molecule has 0 aliphatic rings. The smallest absolute Gasteiger partial charge is 0.0836 e. The average Bonchev–Trinajstić information content (AvgIpc) is 2.87. The Morgan fingerprint density at radius 3 is 0.886 bits per heavy atom. The molecule has 0 rings (SSSR count). The first kappa shape index (κ1) is 35.0. The van der Waals surface area contributed by atoms with Crippen molar-refractivity contribution < 1.29 is 4.74 Å². The van der Waals surface area contributed by atoms with Gasteiger partial charge in [0.15, 0.2) is 0 Å². The van der Waals surface area contributed by atoms with Crippen LogP contribution >= 0.6 is 0 Å². The average molecular weight is 494 g/mol. The summed E-state index contributed by atoms with van der Waals surface area (Å²) in [5.41, 5.74) is 0. The summed E-state index contributed by atoms with van der Waals surface area (Å²) in [5.74, 6) is 0. The van der Waals surface area contributed by atoms with Crippen LogP contribution in [0.15, 0.2) is 0 Å². The highest BCUT2D eigenvalue weighted by Gasteiger charge is 1.97. The molecule has 0 aromatic carbocycles. The molecule has 0 unspecified atom stereocenters. The molecule has 35 heavy (non-hydrogen) atoms. The maximum atomic E-state index is 5.73. The predicted octanol–water partition coefficient (Wildman–Crippen LogP) is 12.9. The summed E-state index contributed by atoms with van der Waals surface area (Å²) in [6.07, 6.45) is 42.6. The molecule has 0 aromatic rings. The van der Waals surface area contributed by atoms with Crippen LogP contribution in [0.25, 0.3) is 0 Å². The second-order valence-corrected chi connectivity index (χ2v) is 11.4. The van der Waals surface area contributed by atoms with E-state index in [1.54, 1.807) is 0 Å². The summed E-state index contributed by atoms with van der Waals surface area (Å²) in [6.45, 7) is 7.63. The molecule has 211 valence electrons. The van der Waals surface area contributed by atoms with Crippen LogP contribution in [0.4, 0.5) is 0 Å². The van der Waals surface area contributed by atoms with E-state index >= 15 is 0 Å². The topological polar surface area (TPSA) is 9.23 Å². The van der Waals surface area contributed by atoms with E-state index in [9.17, 15) is 0 Å². The largest absolute Gasteiger partial charge is 0.376 e. The Hall–Kier alpha value is -0.0400. The zero-order chi connectivity index (χ0) is 25.3. The first-order chi connectivity index (χ1) is 17.4. The maximum absolute atomic E-state index is 5.73. The van der Waals surface area contributed by atoms with Crippen LogP contribution in [0.5, 0.6) is 0 Å². The van der Waals surface area contributed by atoms with Gasteiger partial charge in [0.1, 0.15) is 0 Å². The van der Waals surface area contributed by atoms with E-state index in [1.807, 2.05) is 0 Å². The van der Waals surface area contributed by atoms with Gasteiger partial charge in [-0.3, -0.25) is 0 Å². The minimum absolute atomic E-state index is 0.941. The van der Waals surface area contributed by atoms with E-state index in [-0.39, 0.29) is 0 Å². The number of hydrogen-bond acceptors (Lipinski definition) is 1. The first-order valence-corrected chi connectivity index (χ1v) is 16.8. The SMILES string of the molecule is CCCCCCCCCCCCCCCCC[CH]OCCCCCCCCCCCCCCCC. The number of unbranched alkanes of at least 4 members (excludes halogenated alkanes) is 28. The van der Waals surface area contributed by atoms with Crippen LogP contribution in [-0.2, 0) is 4.74 Å². The molecule has 0 spiro atoms. The molecule has 1 radical (unpaired) electrons. The van der Waals surface area contributed by atoms with Crippen LogP contribution in [0, 0.1) is 6.61 Å². The summed E-state index contributed by atoms with van der Waals surface area (Å²) in [5, 5.41) is 0. The third-order valence-electron chi connectivity index (χ3n) is 7.66. The molecular formula is C34H69O. The van der Waals surface area contributed by atoms with E-state index in [1.165, 1.54) is 186 Å². The van der Waals surface area contributed by atoms with E-state index in [4.69, 9.17) is 4.74 Å². The lowest BCUT2D eigenvalue weighted by molar-refractivity contribution is 0.183. The zero-order valence-corrected chi connectivity index (χ0v) is 24.9. The zero-order valence-electron chi connectivity index (χ0n) is 24.9. The monoisotopic (exact) mass is 494 g/mol. The van der Waals surface area contributed by atoms with Crippen molar-refractivity contribution >= 4 is 0 Å². The van der Waals surface area contributed by atoms with Gasteiger partial charge in [0.05, 0.1) is 6.61 Å². The van der Waals surface area contributed by atoms with Gasteiger partial charge in [-0.15, -0.1) is 0 Å². The molecule has 0 heterocycles. The highest BCUT2D eigenvalue weighted by molar-refractivity contribution is 4.55. The van der Waals surface area contributed by atoms with Crippen LogP contribution < -0.4 is 0 Å². The van der Waals surface area contributed by atoms with Gasteiger partial charge in [-0.2, -0.15) is 0 Å². The van der Waals surface area contributed by atoms with Crippen LogP contribution in [0.3, 0.4) is 0 Å². The van der Waals surface area contributed by atoms with Gasteiger partial charge >= 0.3 is 0 Å². The van der Waals surface area contributed by atoms with Crippen molar-refractivity contribution in [3.63, 3.8) is 0 Å². The van der Waals surface area contributed by atoms with Gasteiger partial charge in [-0.1, -0.05) is 194 Å². The normalized spacial score (nSPS) is 11.5. The van der Waals surface area contributed by atoms with Crippen molar-refractivity contribution in [1.82, 2.24) is 0 Å². The molecule has 1 nitrogen and oxygen atoms in total. The first-order valence-electron chi connectivity index (χ1n) is 16.8. The molecule has 0 aliphatic carbocycles. The highest BCUT2D eigenvalue weighted by atomic mass is 16.5. The Morgan fingerprint density at radius 2 is 0.571 bits per heavy atom. The third kappa shape index (κ3) is 34.0. The fourth-order valence-corrected chi connectivity index (χ4v) is 5.15. The van der Waals surface area contributed by atoms with E-state index in [2.05, 4.69) is 20.5 Å². The lowest BCUT2D eigenvalue weighted by Gasteiger charge is -2.05. The number of rotatable bonds is 32. The molecule has 0 N–H and O–H groups in total. The lowest BCUT2D eigenvalue weighted by Crippen LogP contribution is -1.92. The highest BCUT2D eigenvalue weighted by Crippen LogP contribution is 2.15. The molecule has 0 atom stereocenters. The minimum Gasteiger partial charge on any atom is -0.376 e. The summed E-state index contributed by atoms with van der Waals surface area (Å²) in [4.78, 5) is 0. The molecule has 0 aliphatic heterocycles. The Labute approximate surface area is 224 Å². The van der Waals surface area contributed by atoms with E-state index in [0.717, 1.165) is 13.0 Å². The fourth-order valence-electron chi connectivity index (χ4n) is 5.15. The van der Waals surface area contributed by atoms with Crippen LogP contribution in [0.2, 0.25) is 0 Å². The standard InChI is InChI=1S/C34H69O/c1-3-5-7-9-11-13-15-17-19-20-22-24-26-28-30-32-34-35-33-31-29-27-25-23-21-18-16-14-12-10-8-6-4-2/h34H,3-33H2,1-2H3. The second kappa shape index (κ2) is 34.0. The summed E-state index contributed by atoms with van der Waals surface area (Å²) in [7, 11) is 0. The number of hydrogen-bond donors (Lipinski definition) is 0. The van der Waals surface area contributed by atoms with Crippen molar-refractivity contribution in [3.05, 3.63) is 6.61 Å². The van der Waals surface area contributed by atoms with Crippen molar-refractivity contribution in [1.29, 1.82) is 0 Å². The molecule has 0 bridgehead atoms. The predicted molar refractivity (Wildman–Crippen MR) is 160 cm³/mol. The summed E-state index contributed by atoms with van der Waals surface area (Å²) in [6, 6.07) is 0. The van der Waals surface area contributed by atoms with Gasteiger partial charge in [0, 0.05) is 6.61 Å². The summed E-state index contributed by atoms with van der Waals surface area (Å²) < 4.78 is 5.73. The van der Waals surface area contributed by atoms with Crippen LogP contribution in [-0.4, -0.2) is 6.61 Å². The Kier molecular flexibility index (Phi) is 33.9. The quantitative estimate of drug-likeness (QED) is 0.0846. The van der Waals surface area contributed by atoms with Crippen LogP contribution in [0.1, 0.15) is 206 Å². The third-order valence-corrected chi connectivity index (χ3v) is 7.66.